The highest BCUT2D eigenvalue weighted by Crippen LogP contribution is 2.39. The molecule has 0 fully saturated rings. The molecule has 0 aliphatic heterocycles. The quantitative estimate of drug-likeness (QED) is 0.132. The van der Waals surface area contributed by atoms with Crippen LogP contribution in [0.2, 0.25) is 18.1 Å². The van der Waals surface area contributed by atoms with Gasteiger partial charge in [-0.25, -0.2) is 9.48 Å². The van der Waals surface area contributed by atoms with E-state index in [1.165, 1.54) is 0 Å². The number of anilines is 1. The van der Waals surface area contributed by atoms with Crippen molar-refractivity contribution in [3.8, 4) is 11.4 Å². The van der Waals surface area contributed by atoms with Gasteiger partial charge in [-0.05, 0) is 74.1 Å². The topological polar surface area (TPSA) is 98.4 Å². The van der Waals surface area contributed by atoms with Crippen LogP contribution in [0.1, 0.15) is 71.5 Å². The molecule has 12 heteroatoms. The molecular formula is C36H47N7O2S2Si. The van der Waals surface area contributed by atoms with Crippen LogP contribution in [0.15, 0.2) is 82.7 Å². The van der Waals surface area contributed by atoms with Crippen LogP contribution >= 0.6 is 23.5 Å². The lowest BCUT2D eigenvalue weighted by Gasteiger charge is -2.36. The Morgan fingerprint density at radius 3 is 2.44 bits per heavy atom. The number of carbonyl (C=O) groups is 1. The zero-order chi connectivity index (χ0) is 34.9. The Morgan fingerprint density at radius 1 is 0.979 bits per heavy atom. The number of carbonyl (C=O) groups excluding carboxylic acids is 1. The third-order valence-corrected chi connectivity index (χ3v) is 15.6. The van der Waals surface area contributed by atoms with Crippen molar-refractivity contribution >= 4 is 49.3 Å². The highest BCUT2D eigenvalue weighted by Gasteiger charge is 2.39. The van der Waals surface area contributed by atoms with E-state index in [1.807, 2.05) is 59.0 Å². The first-order valence-corrected chi connectivity index (χ1v) is 21.1. The maximum absolute atomic E-state index is 13.4. The van der Waals surface area contributed by atoms with E-state index in [0.29, 0.717) is 12.4 Å². The van der Waals surface area contributed by atoms with Crippen molar-refractivity contribution in [3.63, 3.8) is 0 Å². The van der Waals surface area contributed by atoms with Crippen LogP contribution < -0.4 is 15.1 Å². The summed E-state index contributed by atoms with van der Waals surface area (Å²) < 4.78 is 10.2. The minimum atomic E-state index is -2.05. The van der Waals surface area contributed by atoms with E-state index in [-0.39, 0.29) is 21.7 Å². The molecule has 9 nitrogen and oxygen atoms in total. The van der Waals surface area contributed by atoms with Gasteiger partial charge in [0.05, 0.1) is 16.1 Å². The van der Waals surface area contributed by atoms with Gasteiger partial charge in [-0.2, -0.15) is 16.9 Å². The fraction of sp³-hybridized carbons (Fsp3) is 0.389. The van der Waals surface area contributed by atoms with Gasteiger partial charge in [0, 0.05) is 40.6 Å². The normalized spacial score (nSPS) is 12.5. The molecule has 2 N–H and O–H groups in total. The van der Waals surface area contributed by atoms with E-state index in [2.05, 4.69) is 107 Å². The molecule has 0 unspecified atom stereocenters. The SMILES string of the molecule is CSC(C)(C)c1cc(NC(=O)NCc2ccccc2Sc2ccc3nnc(C(C)C)n3c2)n(-c2cccc(O[Si](C)(C)C(C)(C)C)c2)n1. The minimum Gasteiger partial charge on any atom is -0.543 e. The van der Waals surface area contributed by atoms with E-state index in [0.717, 1.165) is 44.0 Å². The summed E-state index contributed by atoms with van der Waals surface area (Å²) in [6.45, 7) is 20.0. The first kappa shape index (κ1) is 35.6. The van der Waals surface area contributed by atoms with Gasteiger partial charge in [-0.3, -0.25) is 9.72 Å². The van der Waals surface area contributed by atoms with Crippen molar-refractivity contribution < 1.29 is 9.22 Å². The number of benzene rings is 2. The van der Waals surface area contributed by atoms with Gasteiger partial charge in [-0.1, -0.05) is 70.6 Å². The molecular weight excluding hydrogens is 655 g/mol. The molecule has 0 saturated carbocycles. The van der Waals surface area contributed by atoms with Gasteiger partial charge in [-0.15, -0.1) is 10.2 Å². The first-order valence-electron chi connectivity index (χ1n) is 16.2. The molecule has 0 spiro atoms. The van der Waals surface area contributed by atoms with Crippen molar-refractivity contribution in [2.75, 3.05) is 11.6 Å². The molecule has 5 rings (SSSR count). The summed E-state index contributed by atoms with van der Waals surface area (Å²) in [7, 11) is -2.05. The summed E-state index contributed by atoms with van der Waals surface area (Å²) in [4.78, 5) is 15.6. The maximum atomic E-state index is 13.4. The number of fused-ring (bicyclic) bond motifs is 1. The van der Waals surface area contributed by atoms with Crippen LogP contribution in [0.5, 0.6) is 5.75 Å². The molecule has 2 aromatic carbocycles. The number of hydrogen-bond donors (Lipinski definition) is 2. The van der Waals surface area contributed by atoms with Crippen LogP contribution in [-0.2, 0) is 11.3 Å². The average molecular weight is 702 g/mol. The van der Waals surface area contributed by atoms with Crippen LogP contribution in [-0.4, -0.2) is 45.0 Å². The Balaban J connectivity index is 1.35. The molecule has 0 atom stereocenters. The number of thioether (sulfide) groups is 1. The zero-order valence-electron chi connectivity index (χ0n) is 29.6. The largest absolute Gasteiger partial charge is 0.543 e. The number of amides is 2. The van der Waals surface area contributed by atoms with E-state index in [1.54, 1.807) is 28.2 Å². The van der Waals surface area contributed by atoms with Crippen LogP contribution in [0, 0.1) is 0 Å². The number of pyridine rings is 1. The minimum absolute atomic E-state index is 0.0641. The van der Waals surface area contributed by atoms with Crippen LogP contribution in [0.4, 0.5) is 10.6 Å². The van der Waals surface area contributed by atoms with Gasteiger partial charge in [0.2, 0.25) is 8.32 Å². The van der Waals surface area contributed by atoms with Gasteiger partial charge in [0.15, 0.2) is 5.65 Å². The molecule has 0 bridgehead atoms. The lowest BCUT2D eigenvalue weighted by atomic mass is 10.1. The number of nitrogens with zero attached hydrogens (tertiary/aromatic N) is 5. The molecule has 0 radical (unpaired) electrons. The summed E-state index contributed by atoms with van der Waals surface area (Å²) in [5.74, 6) is 2.57. The Morgan fingerprint density at radius 2 is 1.73 bits per heavy atom. The summed E-state index contributed by atoms with van der Waals surface area (Å²) in [5, 5.41) is 19.8. The monoisotopic (exact) mass is 701 g/mol. The lowest BCUT2D eigenvalue weighted by Crippen LogP contribution is -2.43. The average Bonchev–Trinajstić information content (AvgIpc) is 3.65. The molecule has 0 aliphatic carbocycles. The Bertz CT molecular complexity index is 1910. The van der Waals surface area contributed by atoms with Crippen LogP contribution in [0.3, 0.4) is 0 Å². The Kier molecular flexibility index (Phi) is 10.4. The highest BCUT2D eigenvalue weighted by atomic mass is 32.2. The highest BCUT2D eigenvalue weighted by molar-refractivity contribution is 7.99. The van der Waals surface area contributed by atoms with Gasteiger partial charge in [0.1, 0.15) is 17.4 Å². The molecule has 0 saturated heterocycles. The van der Waals surface area contributed by atoms with E-state index in [9.17, 15) is 4.79 Å². The Labute approximate surface area is 293 Å². The second kappa shape index (κ2) is 14.0. The second-order valence-corrected chi connectivity index (χ2v) is 21.5. The lowest BCUT2D eigenvalue weighted by molar-refractivity contribution is 0.251. The zero-order valence-corrected chi connectivity index (χ0v) is 32.2. The van der Waals surface area contributed by atoms with Gasteiger partial charge in [0.25, 0.3) is 0 Å². The molecule has 3 heterocycles. The smallest absolute Gasteiger partial charge is 0.320 e. The molecule has 48 heavy (non-hydrogen) atoms. The molecule has 5 aromatic rings. The van der Waals surface area contributed by atoms with Gasteiger partial charge >= 0.3 is 6.03 Å². The first-order chi connectivity index (χ1) is 22.6. The number of urea groups is 1. The van der Waals surface area contributed by atoms with Crippen molar-refractivity contribution in [2.45, 2.75) is 93.6 Å². The molecule has 3 aromatic heterocycles. The number of nitrogens with one attached hydrogen (secondary N) is 2. The predicted molar refractivity (Wildman–Crippen MR) is 201 cm³/mol. The number of aromatic nitrogens is 5. The summed E-state index contributed by atoms with van der Waals surface area (Å²) in [5.41, 5.74) is 3.53. The summed E-state index contributed by atoms with van der Waals surface area (Å²) in [6, 6.07) is 21.7. The Hall–Kier alpha value is -3.74. The van der Waals surface area contributed by atoms with E-state index < -0.39 is 8.32 Å². The predicted octanol–water partition coefficient (Wildman–Crippen LogP) is 9.49. The number of rotatable bonds is 11. The van der Waals surface area contributed by atoms with Crippen molar-refractivity contribution in [2.24, 2.45) is 0 Å². The molecule has 2 amide bonds. The van der Waals surface area contributed by atoms with E-state index >= 15 is 0 Å². The van der Waals surface area contributed by atoms with Crippen molar-refractivity contribution in [1.82, 2.24) is 29.7 Å². The van der Waals surface area contributed by atoms with Crippen molar-refractivity contribution in [1.29, 1.82) is 0 Å². The maximum Gasteiger partial charge on any atom is 0.320 e. The second-order valence-electron chi connectivity index (χ2n) is 14.2. The van der Waals surface area contributed by atoms with Crippen molar-refractivity contribution in [3.05, 3.63) is 90.0 Å². The van der Waals surface area contributed by atoms with Crippen LogP contribution in [0.25, 0.3) is 11.3 Å². The van der Waals surface area contributed by atoms with Gasteiger partial charge < -0.3 is 9.74 Å². The fourth-order valence-electron chi connectivity index (χ4n) is 4.75. The van der Waals surface area contributed by atoms with E-state index in [4.69, 9.17) is 9.52 Å². The fourth-order valence-corrected chi connectivity index (χ4v) is 7.05. The number of hydrogen-bond acceptors (Lipinski definition) is 7. The molecule has 254 valence electrons. The standard InChI is InChI=1S/C36H47N7O2S2Si/c1-24(2)33-40-39-31-19-18-28(23-42(31)33)47-29-17-12-11-14-25(29)22-37-34(44)38-32-21-30(36(6,7)46-8)41-43(32)26-15-13-16-27(20-26)45-48(9,10)35(3,4)5/h11-21,23-24H,22H2,1-10H3,(H2,37,38,44). The summed E-state index contributed by atoms with van der Waals surface area (Å²) >= 11 is 3.36. The summed E-state index contributed by atoms with van der Waals surface area (Å²) in [6.07, 6.45) is 4.14. The molecule has 0 aliphatic rings. The third kappa shape index (κ3) is 7.93. The third-order valence-electron chi connectivity index (χ3n) is 8.88.